The Morgan fingerprint density at radius 2 is 1.47 bits per heavy atom. The minimum atomic E-state index is -3.74. The Labute approximate surface area is 291 Å². The monoisotopic (exact) mass is 692 g/mol. The predicted molar refractivity (Wildman–Crippen MR) is 194 cm³/mol. The summed E-state index contributed by atoms with van der Waals surface area (Å²) in [5, 5.41) is 19.9. The summed E-state index contributed by atoms with van der Waals surface area (Å²) in [5.41, 5.74) is 3.09. The van der Waals surface area contributed by atoms with E-state index in [0.29, 0.717) is 24.2 Å². The van der Waals surface area contributed by atoms with Gasteiger partial charge in [-0.1, -0.05) is 95.3 Å². The van der Waals surface area contributed by atoms with Crippen LogP contribution in [0.5, 0.6) is 0 Å². The Bertz CT molecular complexity index is 1660. The molecule has 0 bridgehead atoms. The van der Waals surface area contributed by atoms with Crippen molar-refractivity contribution in [3.8, 4) is 0 Å². The van der Waals surface area contributed by atoms with Crippen LogP contribution in [0.1, 0.15) is 74.5 Å². The van der Waals surface area contributed by atoms with Crippen molar-refractivity contribution in [1.82, 2.24) is 16.0 Å². The van der Waals surface area contributed by atoms with Gasteiger partial charge in [0.1, 0.15) is 6.04 Å². The van der Waals surface area contributed by atoms with E-state index in [1.165, 1.54) is 17.4 Å². The second-order valence-corrected chi connectivity index (χ2v) is 15.5. The molecule has 0 aromatic heterocycles. The quantitative estimate of drug-likeness (QED) is 0.158. The molecule has 4 N–H and O–H groups in total. The van der Waals surface area contributed by atoms with Gasteiger partial charge in [0.05, 0.1) is 23.6 Å². The first kappa shape index (κ1) is 39.2. The molecule has 10 nitrogen and oxygen atoms in total. The van der Waals surface area contributed by atoms with Gasteiger partial charge in [0.15, 0.2) is 0 Å². The summed E-state index contributed by atoms with van der Waals surface area (Å²) in [6.07, 6.45) is -0.556. The number of benzene rings is 3. The third kappa shape index (κ3) is 11.7. The number of aliphatic hydroxyl groups is 1. The Morgan fingerprint density at radius 3 is 2.10 bits per heavy atom. The molecule has 3 aromatic carbocycles. The lowest BCUT2D eigenvalue weighted by atomic mass is 9.91. The Kier molecular flexibility index (Phi) is 14.4. The summed E-state index contributed by atoms with van der Waals surface area (Å²) < 4.78 is 27.7. The summed E-state index contributed by atoms with van der Waals surface area (Å²) in [5.74, 6) is -2.02. The van der Waals surface area contributed by atoms with Crippen LogP contribution in [0.15, 0.2) is 78.9 Å². The van der Waals surface area contributed by atoms with Crippen LogP contribution in [0.3, 0.4) is 0 Å². The fourth-order valence-electron chi connectivity index (χ4n) is 5.50. The molecular weight excluding hydrogens is 641 g/mol. The first-order valence-corrected chi connectivity index (χ1v) is 18.4. The third-order valence-corrected chi connectivity index (χ3v) is 10.3. The minimum Gasteiger partial charge on any atom is -0.391 e. The average molecular weight is 693 g/mol. The molecule has 0 spiro atoms. The zero-order valence-corrected chi connectivity index (χ0v) is 30.5. The topological polar surface area (TPSA) is 145 Å². The molecule has 0 aliphatic heterocycles. The van der Waals surface area contributed by atoms with Gasteiger partial charge in [-0.3, -0.25) is 18.7 Å². The van der Waals surface area contributed by atoms with Gasteiger partial charge in [-0.25, -0.2) is 8.42 Å². The van der Waals surface area contributed by atoms with E-state index >= 15 is 0 Å². The molecule has 0 radical (unpaired) electrons. The van der Waals surface area contributed by atoms with Gasteiger partial charge in [-0.2, -0.15) is 0 Å². The number of nitrogens with one attached hydrogen (secondary N) is 3. The molecule has 0 aliphatic carbocycles. The van der Waals surface area contributed by atoms with Gasteiger partial charge in [-0.05, 0) is 66.5 Å². The molecular formula is C38H52N4O6S. The Balaban J connectivity index is 1.66. The second kappa shape index (κ2) is 18.0. The highest BCUT2D eigenvalue weighted by Crippen LogP contribution is 2.23. The van der Waals surface area contributed by atoms with E-state index < -0.39 is 40.0 Å². The zero-order valence-electron chi connectivity index (χ0n) is 29.6. The van der Waals surface area contributed by atoms with Gasteiger partial charge in [0.25, 0.3) is 5.91 Å². The summed E-state index contributed by atoms with van der Waals surface area (Å²) in [4.78, 5) is 39.7. The van der Waals surface area contributed by atoms with Crippen molar-refractivity contribution >= 4 is 33.4 Å². The van der Waals surface area contributed by atoms with Crippen molar-refractivity contribution < 1.29 is 27.9 Å². The van der Waals surface area contributed by atoms with Crippen LogP contribution >= 0.6 is 0 Å². The number of carbonyl (C=O) groups excluding carboxylic acids is 3. The lowest BCUT2D eigenvalue weighted by molar-refractivity contribution is -0.132. The Morgan fingerprint density at radius 1 is 0.816 bits per heavy atom. The van der Waals surface area contributed by atoms with Crippen LogP contribution in [0, 0.1) is 24.7 Å². The molecule has 49 heavy (non-hydrogen) atoms. The number of carbonyl (C=O) groups is 3. The highest BCUT2D eigenvalue weighted by atomic mass is 32.2. The van der Waals surface area contributed by atoms with Crippen LogP contribution in [0.25, 0.3) is 0 Å². The van der Waals surface area contributed by atoms with Crippen molar-refractivity contribution in [2.45, 2.75) is 84.9 Å². The number of anilines is 1. The highest BCUT2D eigenvalue weighted by molar-refractivity contribution is 7.92. The van der Waals surface area contributed by atoms with Crippen molar-refractivity contribution in [2.75, 3.05) is 11.4 Å². The molecule has 0 heterocycles. The van der Waals surface area contributed by atoms with Crippen LogP contribution < -0.4 is 20.3 Å². The van der Waals surface area contributed by atoms with Crippen molar-refractivity contribution in [1.29, 1.82) is 0 Å². The van der Waals surface area contributed by atoms with Crippen molar-refractivity contribution in [2.24, 2.45) is 17.8 Å². The average Bonchev–Trinajstić information content (AvgIpc) is 3.06. The maximum Gasteiger partial charge on any atom is 0.251 e. The SMILES string of the molecule is Cc1ccccc1CS(=O)(=O)N(C)c1cccc(C(=O)NC(CC(C)C)C(O)CC(C)C(=O)N[C@H](C(=O)NCc2ccccc2)C(C)C)c1. The first-order valence-electron chi connectivity index (χ1n) is 16.8. The zero-order chi connectivity index (χ0) is 36.3. The minimum absolute atomic E-state index is 0.0554. The molecule has 3 rings (SSSR count). The molecule has 3 unspecified atom stereocenters. The summed E-state index contributed by atoms with van der Waals surface area (Å²) in [6.45, 7) is 11.5. The lowest BCUT2D eigenvalue weighted by Gasteiger charge is -2.29. The first-order chi connectivity index (χ1) is 23.1. The predicted octanol–water partition coefficient (Wildman–Crippen LogP) is 4.95. The molecule has 266 valence electrons. The van der Waals surface area contributed by atoms with Gasteiger partial charge < -0.3 is 21.1 Å². The van der Waals surface area contributed by atoms with Gasteiger partial charge in [0, 0.05) is 25.1 Å². The molecule has 0 aliphatic rings. The molecule has 0 fully saturated rings. The number of hydrogen-bond acceptors (Lipinski definition) is 6. The maximum atomic E-state index is 13.5. The molecule has 0 saturated heterocycles. The van der Waals surface area contributed by atoms with E-state index in [0.717, 1.165) is 11.1 Å². The molecule has 0 saturated carbocycles. The largest absolute Gasteiger partial charge is 0.391 e. The lowest BCUT2D eigenvalue weighted by Crippen LogP contribution is -2.51. The number of aliphatic hydroxyl groups excluding tert-OH is 1. The molecule has 4 atom stereocenters. The molecule has 3 amide bonds. The summed E-state index contributed by atoms with van der Waals surface area (Å²) >= 11 is 0. The number of rotatable bonds is 17. The van der Waals surface area contributed by atoms with Crippen LogP contribution in [0.4, 0.5) is 5.69 Å². The summed E-state index contributed by atoms with van der Waals surface area (Å²) in [7, 11) is -2.29. The van der Waals surface area contributed by atoms with Gasteiger partial charge in [0.2, 0.25) is 21.8 Å². The van der Waals surface area contributed by atoms with E-state index in [-0.39, 0.29) is 41.4 Å². The van der Waals surface area contributed by atoms with Crippen molar-refractivity contribution in [3.05, 3.63) is 101 Å². The van der Waals surface area contributed by atoms with Crippen LogP contribution in [0.2, 0.25) is 0 Å². The number of aryl methyl sites for hydroxylation is 1. The van der Waals surface area contributed by atoms with Gasteiger partial charge >= 0.3 is 0 Å². The standard InChI is InChI=1S/C38H52N4O6S/c1-25(2)20-33(34(43)21-28(6)36(44)41-35(26(3)4)38(46)39-23-29-15-9-8-10-16-29)40-37(45)30-18-13-19-32(22-30)42(7)49(47,48)24-31-17-12-11-14-27(31)5/h8-19,22,25-26,28,33-35,43H,20-21,23-24H2,1-7H3,(H,39,46)(H,40,45)(H,41,44)/t28?,33?,34?,35-/m0/s1. The second-order valence-electron chi connectivity index (χ2n) is 13.5. The third-order valence-electron chi connectivity index (χ3n) is 8.59. The smallest absolute Gasteiger partial charge is 0.251 e. The highest BCUT2D eigenvalue weighted by Gasteiger charge is 2.30. The van der Waals surface area contributed by atoms with Gasteiger partial charge in [-0.15, -0.1) is 0 Å². The number of sulfonamides is 1. The van der Waals surface area contributed by atoms with Crippen molar-refractivity contribution in [3.63, 3.8) is 0 Å². The fourth-order valence-corrected chi connectivity index (χ4v) is 6.85. The van der Waals surface area contributed by atoms with E-state index in [1.807, 2.05) is 77.1 Å². The van der Waals surface area contributed by atoms with E-state index in [1.54, 1.807) is 37.3 Å². The number of amides is 3. The fraction of sp³-hybridized carbons (Fsp3) is 0.447. The Hall–Kier alpha value is -4.22. The van der Waals surface area contributed by atoms with Crippen LogP contribution in [-0.4, -0.2) is 56.5 Å². The summed E-state index contributed by atoms with van der Waals surface area (Å²) in [6, 6.07) is 21.7. The normalized spacial score (nSPS) is 14.1. The maximum absolute atomic E-state index is 13.5. The van der Waals surface area contributed by atoms with E-state index in [2.05, 4.69) is 16.0 Å². The number of hydrogen-bond donors (Lipinski definition) is 4. The molecule has 11 heteroatoms. The van der Waals surface area contributed by atoms with E-state index in [4.69, 9.17) is 0 Å². The molecule has 3 aromatic rings. The van der Waals surface area contributed by atoms with Crippen LogP contribution in [-0.2, 0) is 31.9 Å². The number of nitrogens with zero attached hydrogens (tertiary/aromatic N) is 1. The van der Waals surface area contributed by atoms with E-state index in [9.17, 15) is 27.9 Å².